The topological polar surface area (TPSA) is 113 Å². The standard InChI is InChI=1S/C27H33N3O6/c1-6-28(7-2)14-15-29-24(19-8-11-21(12-9-19)30(34)35)23(26(32)27(29)33)25(31)20-10-13-22(18(5)16-20)36-17(3)4/h8-13,16-17,24,31H,6-7,14-15H2,1-5H3/b25-23+/t24-/m1/s1. The minimum absolute atomic E-state index is 0.0265. The molecule has 1 fully saturated rings. The number of aryl methyl sites for hydroxylation is 1. The number of likely N-dealkylation sites (tertiary alicyclic amines) is 1. The van der Waals surface area contributed by atoms with Crippen molar-refractivity contribution in [1.29, 1.82) is 0 Å². The maximum absolute atomic E-state index is 13.2. The Hall–Kier alpha value is -3.72. The molecule has 2 aromatic carbocycles. The number of ketones is 1. The summed E-state index contributed by atoms with van der Waals surface area (Å²) in [5.74, 6) is -1.12. The molecule has 0 aromatic heterocycles. The van der Waals surface area contributed by atoms with Crippen LogP contribution in [0.4, 0.5) is 5.69 Å². The zero-order valence-corrected chi connectivity index (χ0v) is 21.4. The lowest BCUT2D eigenvalue weighted by Crippen LogP contribution is -2.38. The van der Waals surface area contributed by atoms with Crippen molar-refractivity contribution in [2.75, 3.05) is 26.2 Å². The summed E-state index contributed by atoms with van der Waals surface area (Å²) in [5, 5.41) is 22.4. The molecular formula is C27H33N3O6. The van der Waals surface area contributed by atoms with E-state index in [9.17, 15) is 24.8 Å². The molecule has 0 bridgehead atoms. The first-order chi connectivity index (χ1) is 17.1. The van der Waals surface area contributed by atoms with E-state index in [0.29, 0.717) is 23.4 Å². The molecule has 1 N–H and O–H groups in total. The maximum atomic E-state index is 13.2. The highest BCUT2D eigenvalue weighted by Crippen LogP contribution is 2.40. The SMILES string of the molecule is CCN(CC)CCN1C(=O)C(=O)/C(=C(/O)c2ccc(OC(C)C)c(C)c2)[C@H]1c1ccc([N+](=O)[O-])cc1. The summed E-state index contributed by atoms with van der Waals surface area (Å²) in [6, 6.07) is 9.94. The van der Waals surface area contributed by atoms with Crippen LogP contribution in [-0.4, -0.2) is 63.8 Å². The number of aliphatic hydroxyl groups excluding tert-OH is 1. The number of hydrogen-bond acceptors (Lipinski definition) is 7. The van der Waals surface area contributed by atoms with Crippen LogP contribution in [0.1, 0.15) is 50.4 Å². The van der Waals surface area contributed by atoms with Crippen molar-refractivity contribution in [2.45, 2.75) is 46.8 Å². The first-order valence-corrected chi connectivity index (χ1v) is 12.1. The lowest BCUT2D eigenvalue weighted by atomic mass is 9.94. The van der Waals surface area contributed by atoms with Gasteiger partial charge in [0.25, 0.3) is 17.4 Å². The molecule has 36 heavy (non-hydrogen) atoms. The van der Waals surface area contributed by atoms with E-state index in [4.69, 9.17) is 4.74 Å². The average Bonchev–Trinajstić information content (AvgIpc) is 3.10. The Morgan fingerprint density at radius 3 is 2.31 bits per heavy atom. The Morgan fingerprint density at radius 1 is 1.14 bits per heavy atom. The fourth-order valence-corrected chi connectivity index (χ4v) is 4.36. The van der Waals surface area contributed by atoms with Crippen LogP contribution in [0.2, 0.25) is 0 Å². The van der Waals surface area contributed by atoms with Gasteiger partial charge in [-0.05, 0) is 75.3 Å². The fraction of sp³-hybridized carbons (Fsp3) is 0.407. The molecule has 1 atom stereocenters. The van der Waals surface area contributed by atoms with Gasteiger partial charge in [-0.15, -0.1) is 0 Å². The quantitative estimate of drug-likeness (QED) is 0.170. The Labute approximate surface area is 211 Å². The summed E-state index contributed by atoms with van der Waals surface area (Å²) in [4.78, 5) is 40.6. The van der Waals surface area contributed by atoms with Crippen molar-refractivity contribution in [3.63, 3.8) is 0 Å². The summed E-state index contributed by atoms with van der Waals surface area (Å²) >= 11 is 0. The molecule has 1 aliphatic heterocycles. The fourth-order valence-electron chi connectivity index (χ4n) is 4.36. The third kappa shape index (κ3) is 5.57. The predicted octanol–water partition coefficient (Wildman–Crippen LogP) is 4.45. The number of aliphatic hydroxyl groups is 1. The smallest absolute Gasteiger partial charge is 0.295 e. The number of hydrogen-bond donors (Lipinski definition) is 1. The van der Waals surface area contributed by atoms with E-state index in [1.807, 2.05) is 34.6 Å². The number of nitrogens with zero attached hydrogens (tertiary/aromatic N) is 3. The summed E-state index contributed by atoms with van der Waals surface area (Å²) in [7, 11) is 0. The van der Waals surface area contributed by atoms with Gasteiger partial charge in [-0.1, -0.05) is 13.8 Å². The number of rotatable bonds is 10. The summed E-state index contributed by atoms with van der Waals surface area (Å²) in [6.07, 6.45) is -0.0265. The maximum Gasteiger partial charge on any atom is 0.295 e. The van der Waals surface area contributed by atoms with Crippen LogP contribution in [0.25, 0.3) is 5.76 Å². The number of amides is 1. The van der Waals surface area contributed by atoms with Gasteiger partial charge in [0.05, 0.1) is 22.6 Å². The van der Waals surface area contributed by atoms with Crippen molar-refractivity contribution >= 4 is 23.1 Å². The van der Waals surface area contributed by atoms with Crippen LogP contribution in [0.15, 0.2) is 48.0 Å². The van der Waals surface area contributed by atoms with Crippen molar-refractivity contribution in [2.24, 2.45) is 0 Å². The summed E-state index contributed by atoms with van der Waals surface area (Å²) < 4.78 is 5.77. The predicted molar refractivity (Wildman–Crippen MR) is 137 cm³/mol. The van der Waals surface area contributed by atoms with Gasteiger partial charge >= 0.3 is 0 Å². The van der Waals surface area contributed by atoms with E-state index < -0.39 is 22.7 Å². The third-order valence-electron chi connectivity index (χ3n) is 6.32. The lowest BCUT2D eigenvalue weighted by Gasteiger charge is -2.28. The van der Waals surface area contributed by atoms with Gasteiger partial charge in [0.15, 0.2) is 0 Å². The molecular weight excluding hydrogens is 462 g/mol. The average molecular weight is 496 g/mol. The Morgan fingerprint density at radius 2 is 1.78 bits per heavy atom. The molecule has 0 unspecified atom stereocenters. The van der Waals surface area contributed by atoms with Gasteiger partial charge in [-0.2, -0.15) is 0 Å². The van der Waals surface area contributed by atoms with Crippen molar-refractivity contribution in [3.8, 4) is 5.75 Å². The molecule has 1 aliphatic rings. The normalized spacial score (nSPS) is 17.3. The summed E-state index contributed by atoms with van der Waals surface area (Å²) in [6.45, 7) is 12.1. The second kappa shape index (κ2) is 11.3. The highest BCUT2D eigenvalue weighted by Gasteiger charge is 2.46. The molecule has 1 saturated heterocycles. The van der Waals surface area contributed by atoms with E-state index in [0.717, 1.165) is 18.7 Å². The first kappa shape index (κ1) is 26.9. The number of nitro groups is 1. The van der Waals surface area contributed by atoms with Gasteiger partial charge in [0.1, 0.15) is 11.5 Å². The molecule has 192 valence electrons. The lowest BCUT2D eigenvalue weighted by molar-refractivity contribution is -0.384. The van der Waals surface area contributed by atoms with Gasteiger partial charge in [-0.3, -0.25) is 19.7 Å². The van der Waals surface area contributed by atoms with Crippen LogP contribution in [0.5, 0.6) is 5.75 Å². The molecule has 0 saturated carbocycles. The second-order valence-electron chi connectivity index (χ2n) is 9.01. The molecule has 3 rings (SSSR count). The largest absolute Gasteiger partial charge is 0.507 e. The van der Waals surface area contributed by atoms with Gasteiger partial charge in [0, 0.05) is 30.8 Å². The molecule has 0 spiro atoms. The number of likely N-dealkylation sites (N-methyl/N-ethyl adjacent to an activating group) is 1. The highest BCUT2D eigenvalue weighted by molar-refractivity contribution is 6.46. The molecule has 2 aromatic rings. The number of non-ortho nitro benzene ring substituents is 1. The van der Waals surface area contributed by atoms with Crippen molar-refractivity contribution in [1.82, 2.24) is 9.80 Å². The van der Waals surface area contributed by atoms with Crippen LogP contribution < -0.4 is 4.74 Å². The molecule has 9 nitrogen and oxygen atoms in total. The van der Waals surface area contributed by atoms with E-state index in [1.54, 1.807) is 18.2 Å². The zero-order valence-electron chi connectivity index (χ0n) is 21.4. The Bertz CT molecular complexity index is 1170. The monoisotopic (exact) mass is 495 g/mol. The van der Waals surface area contributed by atoms with E-state index in [1.165, 1.54) is 29.2 Å². The number of carbonyl (C=O) groups is 2. The number of nitro benzene ring substituents is 1. The molecule has 0 radical (unpaired) electrons. The van der Waals surface area contributed by atoms with E-state index in [-0.39, 0.29) is 29.7 Å². The number of ether oxygens (including phenoxy) is 1. The number of Topliss-reactive ketones (excluding diaryl/α,β-unsaturated/α-hetero) is 1. The Balaban J connectivity index is 2.10. The Kier molecular flexibility index (Phi) is 8.47. The van der Waals surface area contributed by atoms with Gasteiger partial charge in [0.2, 0.25) is 0 Å². The van der Waals surface area contributed by atoms with Crippen LogP contribution in [-0.2, 0) is 9.59 Å². The van der Waals surface area contributed by atoms with Gasteiger partial charge < -0.3 is 19.6 Å². The number of carbonyl (C=O) groups excluding carboxylic acids is 2. The minimum atomic E-state index is -0.867. The van der Waals surface area contributed by atoms with E-state index in [2.05, 4.69) is 4.90 Å². The highest BCUT2D eigenvalue weighted by atomic mass is 16.6. The first-order valence-electron chi connectivity index (χ1n) is 12.1. The third-order valence-corrected chi connectivity index (χ3v) is 6.32. The van der Waals surface area contributed by atoms with Crippen molar-refractivity contribution < 1.29 is 24.4 Å². The van der Waals surface area contributed by atoms with Crippen LogP contribution in [0, 0.1) is 17.0 Å². The zero-order chi connectivity index (χ0) is 26.6. The number of benzene rings is 2. The van der Waals surface area contributed by atoms with Gasteiger partial charge in [-0.25, -0.2) is 0 Å². The van der Waals surface area contributed by atoms with Crippen LogP contribution >= 0.6 is 0 Å². The molecule has 1 heterocycles. The molecule has 0 aliphatic carbocycles. The molecule has 1 amide bonds. The van der Waals surface area contributed by atoms with E-state index >= 15 is 0 Å². The van der Waals surface area contributed by atoms with Crippen molar-refractivity contribution in [3.05, 3.63) is 74.8 Å². The molecule has 9 heteroatoms. The summed E-state index contributed by atoms with van der Waals surface area (Å²) in [5.41, 5.74) is 1.53. The van der Waals surface area contributed by atoms with Crippen LogP contribution in [0.3, 0.4) is 0 Å². The second-order valence-corrected chi connectivity index (χ2v) is 9.01. The minimum Gasteiger partial charge on any atom is -0.507 e.